The van der Waals surface area contributed by atoms with Gasteiger partial charge in [0.25, 0.3) is 0 Å². The van der Waals surface area contributed by atoms with Crippen LogP contribution in [0.4, 0.5) is 0 Å². The Balaban J connectivity index is 0.00000196. The number of phenolic OH excluding ortho intramolecular Hbond substituents is 1. The standard InChI is InChI=1S/C19H22ClNO4.ClH/c20-16-8-14-12-5-1-2-6-13(12)19(23)25-18(14)15(17(16)22)10-21-9-11-4-3-7-24-11;/h8,11,21-22H,1-7,9-10H2;1H. The number of aryl methyl sites for hydroxylation is 1. The van der Waals surface area contributed by atoms with E-state index in [1.165, 1.54) is 0 Å². The van der Waals surface area contributed by atoms with Gasteiger partial charge < -0.3 is 19.6 Å². The zero-order chi connectivity index (χ0) is 17.4. The first-order valence-corrected chi connectivity index (χ1v) is 9.34. The van der Waals surface area contributed by atoms with Gasteiger partial charge in [0.05, 0.1) is 16.7 Å². The number of nitrogens with one attached hydrogen (secondary N) is 1. The predicted molar refractivity (Wildman–Crippen MR) is 104 cm³/mol. The average molecular weight is 400 g/mol. The second-order valence-corrected chi connectivity index (χ2v) is 7.29. The SMILES string of the molecule is Cl.O=c1oc2c(CNCC3CCCO3)c(O)c(Cl)cc2c2c1CCCC2. The summed E-state index contributed by atoms with van der Waals surface area (Å²) in [6.07, 6.45) is 5.98. The number of ether oxygens (including phenoxy) is 1. The van der Waals surface area contributed by atoms with Gasteiger partial charge in [0.15, 0.2) is 0 Å². The fourth-order valence-electron chi connectivity index (χ4n) is 3.93. The zero-order valence-electron chi connectivity index (χ0n) is 14.5. The van der Waals surface area contributed by atoms with E-state index in [1.54, 1.807) is 6.07 Å². The van der Waals surface area contributed by atoms with Crippen LogP contribution in [0.1, 0.15) is 42.4 Å². The summed E-state index contributed by atoms with van der Waals surface area (Å²) in [5, 5.41) is 14.9. The zero-order valence-corrected chi connectivity index (χ0v) is 16.0. The Bertz CT molecular complexity index is 859. The smallest absolute Gasteiger partial charge is 0.339 e. The lowest BCUT2D eigenvalue weighted by atomic mass is 9.90. The third kappa shape index (κ3) is 3.58. The lowest BCUT2D eigenvalue weighted by Crippen LogP contribution is -2.26. The van der Waals surface area contributed by atoms with E-state index in [4.69, 9.17) is 20.8 Å². The van der Waals surface area contributed by atoms with E-state index in [2.05, 4.69) is 5.32 Å². The maximum atomic E-state index is 12.4. The van der Waals surface area contributed by atoms with Crippen LogP contribution in [-0.2, 0) is 24.1 Å². The molecule has 0 amide bonds. The van der Waals surface area contributed by atoms with Crippen LogP contribution in [0.15, 0.2) is 15.3 Å². The minimum Gasteiger partial charge on any atom is -0.506 e. The van der Waals surface area contributed by atoms with Crippen molar-refractivity contribution in [2.45, 2.75) is 51.2 Å². The second-order valence-electron chi connectivity index (χ2n) is 6.88. The highest BCUT2D eigenvalue weighted by Crippen LogP contribution is 2.37. The molecule has 1 fully saturated rings. The van der Waals surface area contributed by atoms with Crippen LogP contribution in [0.5, 0.6) is 5.75 Å². The highest BCUT2D eigenvalue weighted by Gasteiger charge is 2.23. The van der Waals surface area contributed by atoms with Gasteiger partial charge in [-0.2, -0.15) is 0 Å². The van der Waals surface area contributed by atoms with E-state index in [0.29, 0.717) is 29.3 Å². The molecule has 5 nitrogen and oxygen atoms in total. The van der Waals surface area contributed by atoms with Crippen molar-refractivity contribution < 1.29 is 14.3 Å². The number of hydrogen-bond acceptors (Lipinski definition) is 5. The Hall–Kier alpha value is -1.27. The molecule has 0 radical (unpaired) electrons. The van der Waals surface area contributed by atoms with Crippen molar-refractivity contribution in [3.05, 3.63) is 38.2 Å². The van der Waals surface area contributed by atoms with Crippen molar-refractivity contribution in [2.24, 2.45) is 0 Å². The van der Waals surface area contributed by atoms with Gasteiger partial charge >= 0.3 is 5.63 Å². The molecule has 1 unspecified atom stereocenters. The first-order valence-electron chi connectivity index (χ1n) is 8.96. The van der Waals surface area contributed by atoms with Gasteiger partial charge in [0.2, 0.25) is 0 Å². The summed E-state index contributed by atoms with van der Waals surface area (Å²) < 4.78 is 11.2. The molecular formula is C19H23Cl2NO4. The van der Waals surface area contributed by atoms with Gasteiger partial charge in [-0.05, 0) is 50.2 Å². The largest absolute Gasteiger partial charge is 0.506 e. The number of benzene rings is 1. The van der Waals surface area contributed by atoms with Crippen molar-refractivity contribution in [1.29, 1.82) is 0 Å². The van der Waals surface area contributed by atoms with Gasteiger partial charge in [0, 0.05) is 30.6 Å². The van der Waals surface area contributed by atoms with E-state index in [1.807, 2.05) is 0 Å². The summed E-state index contributed by atoms with van der Waals surface area (Å²) in [6.45, 7) is 1.88. The first-order chi connectivity index (χ1) is 12.1. The Morgan fingerprint density at radius 1 is 1.23 bits per heavy atom. The molecule has 4 rings (SSSR count). The van der Waals surface area contributed by atoms with E-state index < -0.39 is 0 Å². The van der Waals surface area contributed by atoms with Crippen molar-refractivity contribution >= 4 is 35.0 Å². The maximum absolute atomic E-state index is 12.4. The van der Waals surface area contributed by atoms with Crippen LogP contribution in [-0.4, -0.2) is 24.4 Å². The summed E-state index contributed by atoms with van der Waals surface area (Å²) in [4.78, 5) is 12.4. The van der Waals surface area contributed by atoms with Crippen LogP contribution in [0.3, 0.4) is 0 Å². The molecule has 0 saturated carbocycles. The van der Waals surface area contributed by atoms with Gasteiger partial charge in [-0.15, -0.1) is 12.4 Å². The highest BCUT2D eigenvalue weighted by molar-refractivity contribution is 6.33. The Labute approximate surface area is 163 Å². The molecule has 0 spiro atoms. The molecule has 0 bridgehead atoms. The van der Waals surface area contributed by atoms with E-state index >= 15 is 0 Å². The van der Waals surface area contributed by atoms with Gasteiger partial charge in [0.1, 0.15) is 11.3 Å². The monoisotopic (exact) mass is 399 g/mol. The highest BCUT2D eigenvalue weighted by atomic mass is 35.5. The van der Waals surface area contributed by atoms with Crippen LogP contribution < -0.4 is 10.9 Å². The third-order valence-electron chi connectivity index (χ3n) is 5.23. The fraction of sp³-hybridized carbons (Fsp3) is 0.526. The molecule has 7 heteroatoms. The van der Waals surface area contributed by atoms with Crippen molar-refractivity contribution in [3.8, 4) is 5.75 Å². The van der Waals surface area contributed by atoms with Crippen LogP contribution in [0.25, 0.3) is 11.0 Å². The molecule has 2 aromatic rings. The van der Waals surface area contributed by atoms with E-state index in [0.717, 1.165) is 61.6 Å². The number of fused-ring (bicyclic) bond motifs is 3. The number of phenols is 1. The Morgan fingerprint density at radius 2 is 2.00 bits per heavy atom. The fourth-order valence-corrected chi connectivity index (χ4v) is 4.15. The summed E-state index contributed by atoms with van der Waals surface area (Å²) in [5.74, 6) is -0.0204. The number of hydrogen-bond donors (Lipinski definition) is 2. The van der Waals surface area contributed by atoms with Gasteiger partial charge in [-0.3, -0.25) is 0 Å². The molecule has 1 aromatic heterocycles. The molecule has 1 aliphatic heterocycles. The van der Waals surface area contributed by atoms with Crippen molar-refractivity contribution in [2.75, 3.05) is 13.2 Å². The number of rotatable bonds is 4. The van der Waals surface area contributed by atoms with Gasteiger partial charge in [-0.25, -0.2) is 4.79 Å². The second kappa shape index (κ2) is 8.17. The minimum absolute atomic E-state index is 0. The maximum Gasteiger partial charge on any atom is 0.339 e. The lowest BCUT2D eigenvalue weighted by molar-refractivity contribution is 0.110. The minimum atomic E-state index is -0.288. The summed E-state index contributed by atoms with van der Waals surface area (Å²) in [6, 6.07) is 1.73. The molecule has 2 N–H and O–H groups in total. The number of aromatic hydroxyl groups is 1. The molecule has 2 aliphatic rings. The lowest BCUT2D eigenvalue weighted by Gasteiger charge is -2.19. The van der Waals surface area contributed by atoms with Crippen LogP contribution in [0, 0.1) is 0 Å². The summed E-state index contributed by atoms with van der Waals surface area (Å²) in [7, 11) is 0. The normalized spacial score (nSPS) is 19.3. The average Bonchev–Trinajstić information content (AvgIpc) is 3.13. The van der Waals surface area contributed by atoms with E-state index in [9.17, 15) is 9.90 Å². The predicted octanol–water partition coefficient (Wildman–Crippen LogP) is 3.72. The first kappa shape index (κ1) is 19.5. The van der Waals surface area contributed by atoms with Crippen LogP contribution >= 0.6 is 24.0 Å². The topological polar surface area (TPSA) is 71.7 Å². The molecular weight excluding hydrogens is 377 g/mol. The summed E-state index contributed by atoms with van der Waals surface area (Å²) >= 11 is 6.26. The molecule has 1 atom stereocenters. The summed E-state index contributed by atoms with van der Waals surface area (Å²) in [5.41, 5.74) is 2.50. The molecule has 1 aromatic carbocycles. The van der Waals surface area contributed by atoms with Gasteiger partial charge in [-0.1, -0.05) is 11.6 Å². The van der Waals surface area contributed by atoms with Crippen molar-refractivity contribution in [1.82, 2.24) is 5.32 Å². The third-order valence-corrected chi connectivity index (χ3v) is 5.52. The quantitative estimate of drug-likeness (QED) is 0.766. The molecule has 1 aliphatic carbocycles. The molecule has 142 valence electrons. The van der Waals surface area contributed by atoms with Crippen molar-refractivity contribution in [3.63, 3.8) is 0 Å². The molecule has 26 heavy (non-hydrogen) atoms. The van der Waals surface area contributed by atoms with E-state index in [-0.39, 0.29) is 29.9 Å². The Kier molecular flexibility index (Phi) is 6.13. The van der Waals surface area contributed by atoms with Crippen LogP contribution in [0.2, 0.25) is 5.02 Å². The number of halogens is 2. The molecule has 2 heterocycles. The Morgan fingerprint density at radius 3 is 2.73 bits per heavy atom. The molecule has 1 saturated heterocycles.